The third-order valence-corrected chi connectivity index (χ3v) is 6.46. The summed E-state index contributed by atoms with van der Waals surface area (Å²) >= 11 is 6.91. The van der Waals surface area contributed by atoms with Gasteiger partial charge in [-0.3, -0.25) is 4.79 Å². The third-order valence-electron chi connectivity index (χ3n) is 4.66. The van der Waals surface area contributed by atoms with E-state index < -0.39 is 16.1 Å². The number of benzene rings is 2. The van der Waals surface area contributed by atoms with Crippen LogP contribution in [0.2, 0.25) is 0 Å². The Morgan fingerprint density at radius 2 is 1.82 bits per heavy atom. The van der Waals surface area contributed by atoms with Crippen molar-refractivity contribution in [1.82, 2.24) is 10.0 Å². The monoisotopic (exact) mass is 614 g/mol. The second-order valence-electron chi connectivity index (χ2n) is 7.86. The molecule has 0 heterocycles. The molecule has 1 unspecified atom stereocenters. The predicted octanol–water partition coefficient (Wildman–Crippen LogP) is 3.88. The summed E-state index contributed by atoms with van der Waals surface area (Å²) in [6.45, 7) is 4.09. The molecule has 2 N–H and O–H groups in total. The van der Waals surface area contributed by atoms with Crippen LogP contribution in [0.3, 0.4) is 0 Å². The fourth-order valence-corrected chi connectivity index (χ4v) is 4.71. The molecule has 0 fully saturated rings. The van der Waals surface area contributed by atoms with Crippen molar-refractivity contribution in [3.8, 4) is 23.3 Å². The lowest BCUT2D eigenvalue weighted by molar-refractivity contribution is -0.123. The molecule has 1 atom stereocenters. The molecule has 0 aliphatic heterocycles. The zero-order valence-corrected chi connectivity index (χ0v) is 23.4. The van der Waals surface area contributed by atoms with Gasteiger partial charge in [-0.1, -0.05) is 41.6 Å². The summed E-state index contributed by atoms with van der Waals surface area (Å²) in [7, 11) is -1.94. The van der Waals surface area contributed by atoms with Crippen LogP contribution >= 0.6 is 31.9 Å². The zero-order chi connectivity index (χ0) is 25.3. The normalized spacial score (nSPS) is 12.0. The van der Waals surface area contributed by atoms with Gasteiger partial charge in [0.2, 0.25) is 15.9 Å². The van der Waals surface area contributed by atoms with Gasteiger partial charge in [-0.25, -0.2) is 13.1 Å². The molecule has 0 saturated carbocycles. The molecule has 0 bridgehead atoms. The van der Waals surface area contributed by atoms with E-state index in [2.05, 4.69) is 53.7 Å². The van der Waals surface area contributed by atoms with Gasteiger partial charge in [0.1, 0.15) is 12.6 Å². The molecule has 0 radical (unpaired) electrons. The third kappa shape index (κ3) is 9.29. The molecule has 0 spiro atoms. The molecule has 2 aromatic carbocycles. The number of amides is 1. The van der Waals surface area contributed by atoms with Gasteiger partial charge in [0.25, 0.3) is 0 Å². The minimum Gasteiger partial charge on any atom is -0.493 e. The molecule has 0 aliphatic carbocycles. The highest BCUT2D eigenvalue weighted by molar-refractivity contribution is 9.10. The molecule has 34 heavy (non-hydrogen) atoms. The number of hydrogen-bond donors (Lipinski definition) is 2. The average Bonchev–Trinajstić information content (AvgIpc) is 2.76. The van der Waals surface area contributed by atoms with Gasteiger partial charge in [-0.05, 0) is 70.2 Å². The summed E-state index contributed by atoms with van der Waals surface area (Å²) in [6, 6.07) is 10.6. The van der Waals surface area contributed by atoms with Crippen LogP contribution in [0.5, 0.6) is 11.5 Å². The number of sulfonamides is 1. The van der Waals surface area contributed by atoms with Crippen LogP contribution in [0.4, 0.5) is 0 Å². The lowest BCUT2D eigenvalue weighted by Crippen LogP contribution is -2.49. The van der Waals surface area contributed by atoms with E-state index in [1.807, 2.05) is 36.4 Å². The molecule has 0 saturated heterocycles. The highest BCUT2D eigenvalue weighted by atomic mass is 79.9. The van der Waals surface area contributed by atoms with Crippen LogP contribution in [-0.4, -0.2) is 46.9 Å². The highest BCUT2D eigenvalue weighted by Crippen LogP contribution is 2.36. The predicted molar refractivity (Wildman–Crippen MR) is 141 cm³/mol. The summed E-state index contributed by atoms with van der Waals surface area (Å²) in [4.78, 5) is 12.5. The van der Waals surface area contributed by atoms with Gasteiger partial charge in [0.15, 0.2) is 11.5 Å². The average molecular weight is 616 g/mol. The number of methoxy groups -OCH3 is 1. The minimum absolute atomic E-state index is 0.185. The van der Waals surface area contributed by atoms with E-state index in [4.69, 9.17) is 9.47 Å². The van der Waals surface area contributed by atoms with Crippen molar-refractivity contribution in [2.24, 2.45) is 5.92 Å². The summed E-state index contributed by atoms with van der Waals surface area (Å²) in [5.74, 6) is 6.56. The highest BCUT2D eigenvalue weighted by Gasteiger charge is 2.25. The van der Waals surface area contributed by atoms with E-state index in [-0.39, 0.29) is 18.4 Å². The zero-order valence-electron chi connectivity index (χ0n) is 19.4. The molecular weight excluding hydrogens is 588 g/mol. The molecule has 10 heteroatoms. The first-order valence-electron chi connectivity index (χ1n) is 10.5. The molecular formula is C24H28Br2N2O5S. The Morgan fingerprint density at radius 3 is 2.41 bits per heavy atom. The van der Waals surface area contributed by atoms with Crippen LogP contribution in [0.25, 0.3) is 0 Å². The summed E-state index contributed by atoms with van der Waals surface area (Å²) in [6.07, 6.45) is 1.56. The van der Waals surface area contributed by atoms with Crippen molar-refractivity contribution in [3.63, 3.8) is 0 Å². The topological polar surface area (TPSA) is 93.7 Å². The van der Waals surface area contributed by atoms with Gasteiger partial charge in [-0.2, -0.15) is 0 Å². The number of halogens is 2. The van der Waals surface area contributed by atoms with Gasteiger partial charge in [-0.15, -0.1) is 0 Å². The summed E-state index contributed by atoms with van der Waals surface area (Å²) in [5, 5.41) is 2.79. The Labute approximate surface area is 218 Å². The number of carbonyl (C=O) groups excluding carboxylic acids is 1. The van der Waals surface area contributed by atoms with E-state index in [1.54, 1.807) is 21.0 Å². The molecule has 1 amide bonds. The molecule has 2 aromatic rings. The fraction of sp³-hybridized carbons (Fsp3) is 0.375. The SMILES string of the molecule is COc1cc(CCNC(=O)C(NS(C)(=O)=O)C(C)C)cc(Br)c1OCC#Cc1ccc(Br)cc1. The summed E-state index contributed by atoms with van der Waals surface area (Å²) in [5.41, 5.74) is 1.80. The number of carbonyl (C=O) groups is 1. The van der Waals surface area contributed by atoms with Crippen molar-refractivity contribution in [1.29, 1.82) is 0 Å². The molecule has 7 nitrogen and oxygen atoms in total. The van der Waals surface area contributed by atoms with E-state index in [9.17, 15) is 13.2 Å². The lowest BCUT2D eigenvalue weighted by Gasteiger charge is -2.20. The molecule has 184 valence electrons. The minimum atomic E-state index is -3.50. The Balaban J connectivity index is 1.98. The maximum Gasteiger partial charge on any atom is 0.238 e. The smallest absolute Gasteiger partial charge is 0.238 e. The Morgan fingerprint density at radius 1 is 1.15 bits per heavy atom. The van der Waals surface area contributed by atoms with Gasteiger partial charge in [0.05, 0.1) is 17.8 Å². The van der Waals surface area contributed by atoms with Crippen LogP contribution in [0.1, 0.15) is 25.0 Å². The second kappa shape index (κ2) is 13.1. The maximum atomic E-state index is 12.5. The number of rotatable bonds is 10. The van der Waals surface area contributed by atoms with Crippen molar-refractivity contribution in [3.05, 3.63) is 56.5 Å². The van der Waals surface area contributed by atoms with Gasteiger partial charge < -0.3 is 14.8 Å². The number of hydrogen-bond acceptors (Lipinski definition) is 5. The van der Waals surface area contributed by atoms with E-state index in [0.29, 0.717) is 28.9 Å². The first-order chi connectivity index (χ1) is 16.0. The first kappa shape index (κ1) is 28.2. The number of nitrogens with one attached hydrogen (secondary N) is 2. The van der Waals surface area contributed by atoms with E-state index >= 15 is 0 Å². The van der Waals surface area contributed by atoms with Gasteiger partial charge >= 0.3 is 0 Å². The van der Waals surface area contributed by atoms with E-state index in [1.165, 1.54) is 0 Å². The molecule has 0 aromatic heterocycles. The second-order valence-corrected chi connectivity index (χ2v) is 11.4. The van der Waals surface area contributed by atoms with Crippen molar-refractivity contribution >= 4 is 47.8 Å². The van der Waals surface area contributed by atoms with Crippen LogP contribution < -0.4 is 19.5 Å². The van der Waals surface area contributed by atoms with Gasteiger partial charge in [0, 0.05) is 16.6 Å². The fourth-order valence-electron chi connectivity index (χ4n) is 3.00. The summed E-state index contributed by atoms with van der Waals surface area (Å²) < 4.78 is 38.4. The molecule has 2 rings (SSSR count). The lowest BCUT2D eigenvalue weighted by atomic mass is 10.0. The number of ether oxygens (including phenoxy) is 2. The quantitative estimate of drug-likeness (QED) is 0.396. The van der Waals surface area contributed by atoms with Crippen LogP contribution in [0.15, 0.2) is 45.3 Å². The largest absolute Gasteiger partial charge is 0.493 e. The van der Waals surface area contributed by atoms with Crippen molar-refractivity contribution < 1.29 is 22.7 Å². The van der Waals surface area contributed by atoms with Crippen molar-refractivity contribution in [2.45, 2.75) is 26.3 Å². The molecule has 0 aliphatic rings. The van der Waals surface area contributed by atoms with Crippen LogP contribution in [0, 0.1) is 17.8 Å². The van der Waals surface area contributed by atoms with Crippen LogP contribution in [-0.2, 0) is 21.2 Å². The standard InChI is InChI=1S/C24H28Br2N2O5S/c1-16(2)22(28-34(4,30)31)24(29)27-12-11-18-14-20(26)23(21(15-18)32-3)33-13-5-6-17-7-9-19(25)10-8-17/h7-10,14-16,22,28H,11-13H2,1-4H3,(H,27,29). The Kier molecular flexibility index (Phi) is 10.9. The first-order valence-corrected chi connectivity index (χ1v) is 14.0. The van der Waals surface area contributed by atoms with E-state index in [0.717, 1.165) is 21.9 Å². The Hall–Kier alpha value is -2.06. The Bertz CT molecular complexity index is 1160. The maximum absolute atomic E-state index is 12.5. The van der Waals surface area contributed by atoms with Crippen molar-refractivity contribution in [2.75, 3.05) is 26.5 Å².